The smallest absolute Gasteiger partial charge is 0.240 e. The fourth-order valence-corrected chi connectivity index (χ4v) is 4.73. The number of ether oxygens (including phenoxy) is 1. The highest BCUT2D eigenvalue weighted by Crippen LogP contribution is 2.36. The van der Waals surface area contributed by atoms with Crippen LogP contribution in [-0.4, -0.2) is 50.1 Å². The van der Waals surface area contributed by atoms with Crippen LogP contribution in [0.15, 0.2) is 78.9 Å². The predicted octanol–water partition coefficient (Wildman–Crippen LogP) is 5.03. The van der Waals surface area contributed by atoms with Gasteiger partial charge >= 0.3 is 0 Å². The Labute approximate surface area is 192 Å². The minimum absolute atomic E-state index is 0.0160. The first kappa shape index (κ1) is 22.0. The number of carbonyl (C=O) groups excluding carboxylic acids is 1. The second kappa shape index (κ2) is 9.94. The molecule has 0 aliphatic rings. The van der Waals surface area contributed by atoms with Gasteiger partial charge in [0, 0.05) is 13.1 Å². The van der Waals surface area contributed by atoms with E-state index in [1.165, 1.54) is 11.3 Å². The van der Waals surface area contributed by atoms with Crippen LogP contribution in [0, 0.1) is 0 Å². The van der Waals surface area contributed by atoms with E-state index in [1.54, 1.807) is 7.11 Å². The van der Waals surface area contributed by atoms with E-state index in [0.717, 1.165) is 27.9 Å². The van der Waals surface area contributed by atoms with E-state index in [1.807, 2.05) is 97.9 Å². The molecule has 0 spiro atoms. The van der Waals surface area contributed by atoms with Gasteiger partial charge in [-0.1, -0.05) is 78.1 Å². The number of hydrogen-bond donors (Lipinski definition) is 0. The first-order valence-electron chi connectivity index (χ1n) is 10.6. The molecule has 0 aliphatic carbocycles. The number of thiazole rings is 1. The largest absolute Gasteiger partial charge is 0.494 e. The standard InChI is InChI=1S/C26H27N3O2S/c1-28(2)17-18-29(26-27-24-21(31-3)15-10-16-22(24)32-26)25(30)23(19-11-6-4-7-12-19)20-13-8-5-9-14-20/h4-16,23H,17-18H2,1-3H3. The summed E-state index contributed by atoms with van der Waals surface area (Å²) < 4.78 is 6.50. The molecule has 0 bridgehead atoms. The van der Waals surface area contributed by atoms with Gasteiger partial charge in [0.05, 0.1) is 17.7 Å². The molecule has 0 saturated heterocycles. The SMILES string of the molecule is COc1cccc2sc(N(CCN(C)C)C(=O)C(c3ccccc3)c3ccccc3)nc12. The molecule has 4 rings (SSSR count). The lowest BCUT2D eigenvalue weighted by Crippen LogP contribution is -2.40. The number of para-hydroxylation sites is 1. The van der Waals surface area contributed by atoms with Gasteiger partial charge in [-0.2, -0.15) is 0 Å². The van der Waals surface area contributed by atoms with Crippen molar-refractivity contribution in [1.29, 1.82) is 0 Å². The number of benzene rings is 3. The van der Waals surface area contributed by atoms with Crippen LogP contribution in [0.4, 0.5) is 5.13 Å². The fourth-order valence-electron chi connectivity index (χ4n) is 3.72. The highest BCUT2D eigenvalue weighted by Gasteiger charge is 2.30. The van der Waals surface area contributed by atoms with Gasteiger partial charge in [0.1, 0.15) is 11.3 Å². The van der Waals surface area contributed by atoms with E-state index < -0.39 is 5.92 Å². The lowest BCUT2D eigenvalue weighted by molar-refractivity contribution is -0.119. The zero-order chi connectivity index (χ0) is 22.5. The number of fused-ring (bicyclic) bond motifs is 1. The summed E-state index contributed by atoms with van der Waals surface area (Å²) in [6.07, 6.45) is 0. The molecule has 1 heterocycles. The van der Waals surface area contributed by atoms with Crippen LogP contribution < -0.4 is 9.64 Å². The number of carbonyl (C=O) groups is 1. The molecule has 32 heavy (non-hydrogen) atoms. The van der Waals surface area contributed by atoms with E-state index in [2.05, 4.69) is 4.90 Å². The minimum Gasteiger partial charge on any atom is -0.494 e. The Morgan fingerprint density at radius 1 is 0.906 bits per heavy atom. The summed E-state index contributed by atoms with van der Waals surface area (Å²) in [4.78, 5) is 22.9. The summed E-state index contributed by atoms with van der Waals surface area (Å²) in [7, 11) is 5.66. The van der Waals surface area contributed by atoms with Crippen LogP contribution >= 0.6 is 11.3 Å². The molecule has 0 saturated carbocycles. The van der Waals surface area contributed by atoms with Crippen LogP contribution in [0.5, 0.6) is 5.75 Å². The number of hydrogen-bond acceptors (Lipinski definition) is 5. The molecule has 0 atom stereocenters. The van der Waals surface area contributed by atoms with E-state index in [9.17, 15) is 4.79 Å². The van der Waals surface area contributed by atoms with Crippen molar-refractivity contribution in [2.75, 3.05) is 39.2 Å². The van der Waals surface area contributed by atoms with Gasteiger partial charge in [-0.3, -0.25) is 9.69 Å². The number of aromatic nitrogens is 1. The molecule has 5 nitrogen and oxygen atoms in total. The van der Waals surface area contributed by atoms with Crippen LogP contribution in [0.25, 0.3) is 10.2 Å². The van der Waals surface area contributed by atoms with Gasteiger partial charge in [0.2, 0.25) is 5.91 Å². The normalized spacial score (nSPS) is 11.3. The van der Waals surface area contributed by atoms with Gasteiger partial charge in [0.15, 0.2) is 5.13 Å². The van der Waals surface area contributed by atoms with Crippen molar-refractivity contribution in [3.63, 3.8) is 0 Å². The number of methoxy groups -OCH3 is 1. The van der Waals surface area contributed by atoms with Crippen LogP contribution in [0.1, 0.15) is 17.0 Å². The third kappa shape index (κ3) is 4.66. The molecule has 164 valence electrons. The van der Waals surface area contributed by atoms with Crippen molar-refractivity contribution < 1.29 is 9.53 Å². The van der Waals surface area contributed by atoms with Crippen molar-refractivity contribution in [3.8, 4) is 5.75 Å². The molecule has 1 amide bonds. The lowest BCUT2D eigenvalue weighted by Gasteiger charge is -2.27. The minimum atomic E-state index is -0.409. The molecule has 0 fully saturated rings. The number of nitrogens with zero attached hydrogens (tertiary/aromatic N) is 3. The van der Waals surface area contributed by atoms with Gasteiger partial charge in [0.25, 0.3) is 0 Å². The van der Waals surface area contributed by atoms with Gasteiger partial charge in [-0.25, -0.2) is 4.98 Å². The first-order chi connectivity index (χ1) is 15.6. The van der Waals surface area contributed by atoms with Gasteiger partial charge in [-0.05, 0) is 37.4 Å². The lowest BCUT2D eigenvalue weighted by atomic mass is 9.90. The summed E-state index contributed by atoms with van der Waals surface area (Å²) in [5.74, 6) is 0.323. The fraction of sp³-hybridized carbons (Fsp3) is 0.231. The average molecular weight is 446 g/mol. The molecular weight excluding hydrogens is 418 g/mol. The Balaban J connectivity index is 1.80. The maximum atomic E-state index is 14.1. The van der Waals surface area contributed by atoms with Crippen LogP contribution in [0.2, 0.25) is 0 Å². The van der Waals surface area contributed by atoms with Crippen LogP contribution in [-0.2, 0) is 4.79 Å². The third-order valence-corrected chi connectivity index (χ3v) is 6.41. The molecule has 0 aliphatic heterocycles. The molecular formula is C26H27N3O2S. The van der Waals surface area contributed by atoms with E-state index in [0.29, 0.717) is 17.4 Å². The van der Waals surface area contributed by atoms with Crippen molar-refractivity contribution >= 4 is 32.6 Å². The molecule has 0 N–H and O–H groups in total. The van der Waals surface area contributed by atoms with Crippen molar-refractivity contribution in [2.24, 2.45) is 0 Å². The third-order valence-electron chi connectivity index (χ3n) is 5.37. The number of likely N-dealkylation sites (N-methyl/N-ethyl adjacent to an activating group) is 1. The quantitative estimate of drug-likeness (QED) is 0.382. The maximum absolute atomic E-state index is 14.1. The molecule has 1 aromatic heterocycles. The summed E-state index contributed by atoms with van der Waals surface area (Å²) in [5.41, 5.74) is 2.73. The zero-order valence-electron chi connectivity index (χ0n) is 18.6. The van der Waals surface area contributed by atoms with Crippen molar-refractivity contribution in [1.82, 2.24) is 9.88 Å². The summed E-state index contributed by atoms with van der Waals surface area (Å²) in [6.45, 7) is 1.28. The summed E-state index contributed by atoms with van der Waals surface area (Å²) in [6, 6.07) is 25.8. The van der Waals surface area contributed by atoms with Crippen LogP contribution in [0.3, 0.4) is 0 Å². The Kier molecular flexibility index (Phi) is 6.83. The monoisotopic (exact) mass is 445 g/mol. The number of rotatable bonds is 8. The molecule has 3 aromatic carbocycles. The topological polar surface area (TPSA) is 45.7 Å². The van der Waals surface area contributed by atoms with E-state index >= 15 is 0 Å². The Morgan fingerprint density at radius 3 is 2.09 bits per heavy atom. The molecule has 0 unspecified atom stereocenters. The Morgan fingerprint density at radius 2 is 1.53 bits per heavy atom. The highest BCUT2D eigenvalue weighted by molar-refractivity contribution is 7.22. The van der Waals surface area contributed by atoms with Gasteiger partial charge in [-0.15, -0.1) is 0 Å². The summed E-state index contributed by atoms with van der Waals surface area (Å²) >= 11 is 1.52. The van der Waals surface area contributed by atoms with E-state index in [-0.39, 0.29) is 5.91 Å². The Hall–Kier alpha value is -3.22. The maximum Gasteiger partial charge on any atom is 0.240 e. The van der Waals surface area contributed by atoms with Gasteiger partial charge < -0.3 is 9.64 Å². The first-order valence-corrected chi connectivity index (χ1v) is 11.4. The summed E-state index contributed by atoms with van der Waals surface area (Å²) in [5, 5.41) is 0.688. The Bertz CT molecular complexity index is 1140. The van der Waals surface area contributed by atoms with Crippen molar-refractivity contribution in [2.45, 2.75) is 5.92 Å². The second-order valence-electron chi connectivity index (χ2n) is 7.85. The van der Waals surface area contributed by atoms with E-state index in [4.69, 9.17) is 9.72 Å². The number of amides is 1. The zero-order valence-corrected chi connectivity index (χ0v) is 19.4. The average Bonchev–Trinajstić information content (AvgIpc) is 3.24. The number of anilines is 1. The van der Waals surface area contributed by atoms with Crippen molar-refractivity contribution in [3.05, 3.63) is 90.0 Å². The molecule has 4 aromatic rings. The highest BCUT2D eigenvalue weighted by atomic mass is 32.1. The predicted molar refractivity (Wildman–Crippen MR) is 132 cm³/mol. The molecule has 0 radical (unpaired) electrons. The molecule has 6 heteroatoms. The second-order valence-corrected chi connectivity index (χ2v) is 8.86.